The van der Waals surface area contributed by atoms with Gasteiger partial charge in [-0.3, -0.25) is 9.69 Å². The molecule has 15 heavy (non-hydrogen) atoms. The second-order valence-electron chi connectivity index (χ2n) is 4.56. The number of carboxylic acids is 1. The molecule has 1 rings (SSSR count). The van der Waals surface area contributed by atoms with E-state index in [9.17, 15) is 4.79 Å². The molecule has 1 fully saturated rings. The molecule has 1 aliphatic heterocycles. The third kappa shape index (κ3) is 3.47. The summed E-state index contributed by atoms with van der Waals surface area (Å²) < 4.78 is 0. The Balaban J connectivity index is 2.46. The summed E-state index contributed by atoms with van der Waals surface area (Å²) in [5.41, 5.74) is 6.01. The molecule has 3 N–H and O–H groups in total. The number of piperidine rings is 1. The summed E-state index contributed by atoms with van der Waals surface area (Å²) in [4.78, 5) is 12.9. The first-order valence-corrected chi connectivity index (χ1v) is 5.76. The maximum absolute atomic E-state index is 10.6. The Bertz CT molecular complexity index is 221. The Labute approximate surface area is 91.4 Å². The van der Waals surface area contributed by atoms with Crippen molar-refractivity contribution in [2.45, 2.75) is 45.2 Å². The van der Waals surface area contributed by atoms with Crippen molar-refractivity contribution >= 4 is 5.97 Å². The number of hydrogen-bond acceptors (Lipinski definition) is 3. The van der Waals surface area contributed by atoms with Crippen LogP contribution in [0.25, 0.3) is 0 Å². The zero-order valence-corrected chi connectivity index (χ0v) is 9.65. The Hall–Kier alpha value is -0.610. The molecule has 0 aromatic carbocycles. The molecule has 0 aromatic rings. The van der Waals surface area contributed by atoms with Gasteiger partial charge in [-0.1, -0.05) is 13.3 Å². The van der Waals surface area contributed by atoms with E-state index in [2.05, 4.69) is 11.8 Å². The van der Waals surface area contributed by atoms with Crippen molar-refractivity contribution in [3.63, 3.8) is 0 Å². The Morgan fingerprint density at radius 3 is 2.87 bits per heavy atom. The van der Waals surface area contributed by atoms with E-state index in [1.807, 2.05) is 6.92 Å². The Kier molecular flexibility index (Phi) is 4.54. The van der Waals surface area contributed by atoms with Crippen LogP contribution in [0.4, 0.5) is 0 Å². The number of aliphatic carboxylic acids is 1. The van der Waals surface area contributed by atoms with Gasteiger partial charge in [0.15, 0.2) is 0 Å². The first-order valence-electron chi connectivity index (χ1n) is 5.76. The predicted molar refractivity (Wildman–Crippen MR) is 59.7 cm³/mol. The van der Waals surface area contributed by atoms with Crippen LogP contribution < -0.4 is 5.73 Å². The van der Waals surface area contributed by atoms with Gasteiger partial charge in [0.2, 0.25) is 0 Å². The second-order valence-corrected chi connectivity index (χ2v) is 4.56. The van der Waals surface area contributed by atoms with Gasteiger partial charge in [0, 0.05) is 18.6 Å². The lowest BCUT2D eigenvalue weighted by Gasteiger charge is -2.39. The highest BCUT2D eigenvalue weighted by Crippen LogP contribution is 2.21. The van der Waals surface area contributed by atoms with E-state index in [1.165, 1.54) is 0 Å². The molecular formula is C11H22N2O2. The van der Waals surface area contributed by atoms with Gasteiger partial charge in [0.1, 0.15) is 0 Å². The van der Waals surface area contributed by atoms with Crippen molar-refractivity contribution in [3.05, 3.63) is 0 Å². The smallest absolute Gasteiger partial charge is 0.304 e. The minimum atomic E-state index is -0.717. The minimum Gasteiger partial charge on any atom is -0.481 e. The maximum Gasteiger partial charge on any atom is 0.304 e. The number of hydrogen-bond donors (Lipinski definition) is 2. The van der Waals surface area contributed by atoms with Crippen molar-refractivity contribution in [1.82, 2.24) is 4.90 Å². The van der Waals surface area contributed by atoms with Gasteiger partial charge in [-0.25, -0.2) is 0 Å². The molecule has 0 aromatic heterocycles. The fourth-order valence-electron chi connectivity index (χ4n) is 2.29. The summed E-state index contributed by atoms with van der Waals surface area (Å²) in [7, 11) is 0. The van der Waals surface area contributed by atoms with E-state index < -0.39 is 5.97 Å². The lowest BCUT2D eigenvalue weighted by atomic mass is 9.90. The van der Waals surface area contributed by atoms with Gasteiger partial charge in [0.25, 0.3) is 0 Å². The third-order valence-corrected chi connectivity index (χ3v) is 3.44. The van der Waals surface area contributed by atoms with Crippen LogP contribution in [0.2, 0.25) is 0 Å². The molecule has 1 saturated heterocycles. The zero-order valence-electron chi connectivity index (χ0n) is 9.65. The SMILES string of the molecule is CCC1CN(C(C)CC(=O)O)CCC1N. The van der Waals surface area contributed by atoms with Gasteiger partial charge in [-0.15, -0.1) is 0 Å². The minimum absolute atomic E-state index is 0.129. The van der Waals surface area contributed by atoms with E-state index in [0.29, 0.717) is 12.0 Å². The quantitative estimate of drug-likeness (QED) is 0.730. The standard InChI is InChI=1S/C11H22N2O2/c1-3-9-7-13(5-4-10(9)12)8(2)6-11(14)15/h8-10H,3-7,12H2,1-2H3,(H,14,15). The normalized spacial score (nSPS) is 30.1. The largest absolute Gasteiger partial charge is 0.481 e. The van der Waals surface area contributed by atoms with Crippen molar-refractivity contribution < 1.29 is 9.90 Å². The lowest BCUT2D eigenvalue weighted by molar-refractivity contribution is -0.138. The summed E-state index contributed by atoms with van der Waals surface area (Å²) in [5.74, 6) is -0.194. The molecule has 1 aliphatic rings. The van der Waals surface area contributed by atoms with Crippen LogP contribution in [-0.4, -0.2) is 41.1 Å². The second kappa shape index (κ2) is 5.47. The summed E-state index contributed by atoms with van der Waals surface area (Å²) >= 11 is 0. The van der Waals surface area contributed by atoms with Crippen LogP contribution in [0.1, 0.15) is 33.1 Å². The maximum atomic E-state index is 10.6. The molecule has 3 unspecified atom stereocenters. The fourth-order valence-corrected chi connectivity index (χ4v) is 2.29. The lowest BCUT2D eigenvalue weighted by Crippen LogP contribution is -2.50. The van der Waals surface area contributed by atoms with Crippen LogP contribution in [-0.2, 0) is 4.79 Å². The number of nitrogens with zero attached hydrogens (tertiary/aromatic N) is 1. The van der Waals surface area contributed by atoms with E-state index in [0.717, 1.165) is 25.9 Å². The first-order chi connectivity index (χ1) is 7.04. The van der Waals surface area contributed by atoms with Gasteiger partial charge in [-0.05, 0) is 25.8 Å². The monoisotopic (exact) mass is 214 g/mol. The molecular weight excluding hydrogens is 192 g/mol. The van der Waals surface area contributed by atoms with Crippen molar-refractivity contribution in [3.8, 4) is 0 Å². The zero-order chi connectivity index (χ0) is 11.4. The molecule has 0 aliphatic carbocycles. The molecule has 0 bridgehead atoms. The number of rotatable bonds is 4. The van der Waals surface area contributed by atoms with Crippen LogP contribution in [0.15, 0.2) is 0 Å². The number of nitrogens with two attached hydrogens (primary N) is 1. The molecule has 4 heteroatoms. The molecule has 0 radical (unpaired) electrons. The average Bonchev–Trinajstić information content (AvgIpc) is 2.17. The third-order valence-electron chi connectivity index (χ3n) is 3.44. The number of carboxylic acid groups (broad SMARTS) is 1. The molecule has 4 nitrogen and oxygen atoms in total. The van der Waals surface area contributed by atoms with Crippen molar-refractivity contribution in [1.29, 1.82) is 0 Å². The topological polar surface area (TPSA) is 66.6 Å². The molecule has 0 saturated carbocycles. The highest BCUT2D eigenvalue weighted by Gasteiger charge is 2.28. The summed E-state index contributed by atoms with van der Waals surface area (Å²) in [6, 6.07) is 0.423. The Morgan fingerprint density at radius 1 is 1.67 bits per heavy atom. The van der Waals surface area contributed by atoms with Crippen molar-refractivity contribution in [2.24, 2.45) is 11.7 Å². The first kappa shape index (κ1) is 12.5. The van der Waals surface area contributed by atoms with Gasteiger partial charge < -0.3 is 10.8 Å². The van der Waals surface area contributed by atoms with Gasteiger partial charge in [-0.2, -0.15) is 0 Å². The molecule has 88 valence electrons. The van der Waals surface area contributed by atoms with Crippen LogP contribution in [0.3, 0.4) is 0 Å². The molecule has 0 spiro atoms. The highest BCUT2D eigenvalue weighted by atomic mass is 16.4. The fraction of sp³-hybridized carbons (Fsp3) is 0.909. The van der Waals surface area contributed by atoms with Crippen LogP contribution >= 0.6 is 0 Å². The van der Waals surface area contributed by atoms with Gasteiger partial charge >= 0.3 is 5.97 Å². The number of likely N-dealkylation sites (tertiary alicyclic amines) is 1. The van der Waals surface area contributed by atoms with E-state index >= 15 is 0 Å². The summed E-state index contributed by atoms with van der Waals surface area (Å²) in [6.07, 6.45) is 2.30. The van der Waals surface area contributed by atoms with E-state index in [1.54, 1.807) is 0 Å². The molecule has 1 heterocycles. The van der Waals surface area contributed by atoms with Crippen LogP contribution in [0, 0.1) is 5.92 Å². The summed E-state index contributed by atoms with van der Waals surface area (Å²) in [6.45, 7) is 6.02. The Morgan fingerprint density at radius 2 is 2.33 bits per heavy atom. The van der Waals surface area contributed by atoms with E-state index in [4.69, 9.17) is 10.8 Å². The van der Waals surface area contributed by atoms with Crippen molar-refractivity contribution in [2.75, 3.05) is 13.1 Å². The van der Waals surface area contributed by atoms with E-state index in [-0.39, 0.29) is 12.5 Å². The molecule has 3 atom stereocenters. The number of carbonyl (C=O) groups is 1. The summed E-state index contributed by atoms with van der Waals surface area (Å²) in [5, 5.41) is 8.74. The highest BCUT2D eigenvalue weighted by molar-refractivity contribution is 5.67. The van der Waals surface area contributed by atoms with Crippen LogP contribution in [0.5, 0.6) is 0 Å². The predicted octanol–water partition coefficient (Wildman–Crippen LogP) is 0.909. The molecule has 0 amide bonds. The average molecular weight is 214 g/mol. The van der Waals surface area contributed by atoms with Gasteiger partial charge in [0.05, 0.1) is 6.42 Å².